The quantitative estimate of drug-likeness (QED) is 0.372. The van der Waals surface area contributed by atoms with Gasteiger partial charge < -0.3 is 16.0 Å². The van der Waals surface area contributed by atoms with Gasteiger partial charge in [-0.05, 0) is 75.6 Å². The van der Waals surface area contributed by atoms with Crippen LogP contribution in [0.4, 0.5) is 11.6 Å². The molecule has 7 rings (SSSR count). The molecule has 3 fully saturated rings. The Morgan fingerprint density at radius 2 is 1.82 bits per heavy atom. The Hall–Kier alpha value is -3.20. The summed E-state index contributed by atoms with van der Waals surface area (Å²) in [6.45, 7) is 3.78. The summed E-state index contributed by atoms with van der Waals surface area (Å²) in [6, 6.07) is 6.27. The van der Waals surface area contributed by atoms with Crippen molar-refractivity contribution in [3.63, 3.8) is 0 Å². The van der Waals surface area contributed by atoms with Crippen molar-refractivity contribution in [3.8, 4) is 0 Å². The number of piperidine rings is 1. The average molecular weight is 458 g/mol. The second-order valence-corrected chi connectivity index (χ2v) is 10.1. The molecule has 1 saturated heterocycles. The molecule has 1 aliphatic heterocycles. The molecule has 176 valence electrons. The third kappa shape index (κ3) is 3.98. The molecule has 0 spiro atoms. The van der Waals surface area contributed by atoms with Crippen LogP contribution in [0.1, 0.15) is 67.3 Å². The second kappa shape index (κ2) is 8.23. The molecule has 5 heterocycles. The number of hydrogen-bond donors (Lipinski definition) is 3. The van der Waals surface area contributed by atoms with Crippen molar-refractivity contribution in [2.45, 2.75) is 56.9 Å². The first-order valence-corrected chi connectivity index (χ1v) is 12.7. The Bertz CT molecular complexity index is 1330. The van der Waals surface area contributed by atoms with Crippen molar-refractivity contribution in [3.05, 3.63) is 47.5 Å². The molecule has 2 aliphatic carbocycles. The molecule has 0 unspecified atom stereocenters. The van der Waals surface area contributed by atoms with Gasteiger partial charge in [0.25, 0.3) is 0 Å². The van der Waals surface area contributed by atoms with Crippen LogP contribution in [-0.4, -0.2) is 48.8 Å². The van der Waals surface area contributed by atoms with E-state index in [4.69, 9.17) is 15.1 Å². The molecule has 34 heavy (non-hydrogen) atoms. The first-order valence-electron chi connectivity index (χ1n) is 12.7. The lowest BCUT2D eigenvalue weighted by molar-refractivity contribution is 0.389. The van der Waals surface area contributed by atoms with Gasteiger partial charge in [0, 0.05) is 24.1 Å². The van der Waals surface area contributed by atoms with Gasteiger partial charge in [-0.25, -0.2) is 14.5 Å². The van der Waals surface area contributed by atoms with Gasteiger partial charge in [0.2, 0.25) is 0 Å². The monoisotopic (exact) mass is 457 g/mol. The average Bonchev–Trinajstić information content (AvgIpc) is 3.81. The standard InChI is InChI=1S/C25H31N9/c1-2-17(1)20-14-29-34-24(11-22(31-25(20)34)27-12-16-7-9-26-10-8-16)28-13-19-15-33-23(30-19)6-5-21(32-33)18-3-4-18/h5-6,11,14-18,26,28H,1-4,7-10,12-13H2,(H,27,31). The highest BCUT2D eigenvalue weighted by Gasteiger charge is 2.28. The fourth-order valence-electron chi connectivity index (χ4n) is 5.02. The van der Waals surface area contributed by atoms with Crippen molar-refractivity contribution < 1.29 is 0 Å². The molecule has 3 N–H and O–H groups in total. The summed E-state index contributed by atoms with van der Waals surface area (Å²) in [6.07, 6.45) is 11.4. The van der Waals surface area contributed by atoms with Gasteiger partial charge in [0.05, 0.1) is 30.3 Å². The normalized spacial score (nSPS) is 19.2. The fourth-order valence-corrected chi connectivity index (χ4v) is 5.02. The van der Waals surface area contributed by atoms with E-state index in [0.717, 1.165) is 48.3 Å². The lowest BCUT2D eigenvalue weighted by Gasteiger charge is -2.23. The summed E-state index contributed by atoms with van der Waals surface area (Å²) in [4.78, 5) is 9.73. The number of fused-ring (bicyclic) bond motifs is 2. The maximum absolute atomic E-state index is 4.97. The van der Waals surface area contributed by atoms with Crippen LogP contribution < -0.4 is 16.0 Å². The summed E-state index contributed by atoms with van der Waals surface area (Å²) in [7, 11) is 0. The molecule has 0 bridgehead atoms. The van der Waals surface area contributed by atoms with E-state index in [9.17, 15) is 0 Å². The highest BCUT2D eigenvalue weighted by Crippen LogP contribution is 2.42. The number of hydrogen-bond acceptors (Lipinski definition) is 7. The van der Waals surface area contributed by atoms with Crippen LogP contribution in [0, 0.1) is 5.92 Å². The van der Waals surface area contributed by atoms with E-state index in [1.165, 1.54) is 49.8 Å². The zero-order valence-electron chi connectivity index (χ0n) is 19.4. The van der Waals surface area contributed by atoms with Crippen LogP contribution in [0.3, 0.4) is 0 Å². The molecule has 0 amide bonds. The molecule has 9 heteroatoms. The van der Waals surface area contributed by atoms with Crippen molar-refractivity contribution in [2.24, 2.45) is 5.92 Å². The first-order chi connectivity index (χ1) is 16.8. The minimum Gasteiger partial charge on any atom is -0.370 e. The van der Waals surface area contributed by atoms with Crippen LogP contribution in [0.2, 0.25) is 0 Å². The van der Waals surface area contributed by atoms with Crippen LogP contribution >= 0.6 is 0 Å². The zero-order chi connectivity index (χ0) is 22.5. The van der Waals surface area contributed by atoms with Gasteiger partial charge in [-0.15, -0.1) is 0 Å². The molecule has 0 radical (unpaired) electrons. The Morgan fingerprint density at radius 1 is 0.971 bits per heavy atom. The molecule has 0 aromatic carbocycles. The Morgan fingerprint density at radius 3 is 2.65 bits per heavy atom. The molecule has 4 aromatic rings. The maximum Gasteiger partial charge on any atom is 0.163 e. The minimum atomic E-state index is 0.600. The third-order valence-corrected chi connectivity index (χ3v) is 7.38. The molecular weight excluding hydrogens is 426 g/mol. The maximum atomic E-state index is 4.97. The van der Waals surface area contributed by atoms with Crippen molar-refractivity contribution in [1.29, 1.82) is 0 Å². The summed E-state index contributed by atoms with van der Waals surface area (Å²) >= 11 is 0. The molecular formula is C25H31N9. The number of nitrogens with zero attached hydrogens (tertiary/aromatic N) is 6. The molecule has 3 aliphatic rings. The van der Waals surface area contributed by atoms with Gasteiger partial charge in [-0.3, -0.25) is 0 Å². The smallest absolute Gasteiger partial charge is 0.163 e. The van der Waals surface area contributed by atoms with Gasteiger partial charge in [-0.1, -0.05) is 0 Å². The highest BCUT2D eigenvalue weighted by atomic mass is 15.3. The largest absolute Gasteiger partial charge is 0.370 e. The summed E-state index contributed by atoms with van der Waals surface area (Å²) in [5.41, 5.74) is 5.25. The molecule has 9 nitrogen and oxygen atoms in total. The van der Waals surface area contributed by atoms with Gasteiger partial charge in [0.1, 0.15) is 11.6 Å². The first kappa shape index (κ1) is 20.2. The van der Waals surface area contributed by atoms with E-state index in [-0.39, 0.29) is 0 Å². The van der Waals surface area contributed by atoms with Crippen molar-refractivity contribution in [2.75, 3.05) is 30.3 Å². The number of aromatic nitrogens is 6. The zero-order valence-corrected chi connectivity index (χ0v) is 19.4. The second-order valence-electron chi connectivity index (χ2n) is 10.1. The third-order valence-electron chi connectivity index (χ3n) is 7.38. The van der Waals surface area contributed by atoms with Gasteiger partial charge >= 0.3 is 0 Å². The van der Waals surface area contributed by atoms with E-state index in [1.807, 2.05) is 21.4 Å². The van der Waals surface area contributed by atoms with E-state index in [2.05, 4.69) is 39.2 Å². The predicted molar refractivity (Wildman–Crippen MR) is 131 cm³/mol. The predicted octanol–water partition coefficient (Wildman–Crippen LogP) is 3.55. The SMILES string of the molecule is c1cc2nc(CNc3cc(NCC4CCNCC4)nc4c(C5CC5)cnn34)cn2nc1C1CC1. The molecule has 0 atom stereocenters. The summed E-state index contributed by atoms with van der Waals surface area (Å²) < 4.78 is 3.86. The lowest BCUT2D eigenvalue weighted by Crippen LogP contribution is -2.31. The topological polar surface area (TPSA) is 96.5 Å². The van der Waals surface area contributed by atoms with Crippen LogP contribution in [0.25, 0.3) is 11.3 Å². The van der Waals surface area contributed by atoms with Crippen LogP contribution in [-0.2, 0) is 6.54 Å². The Kier molecular flexibility index (Phi) is 4.89. The van der Waals surface area contributed by atoms with Crippen molar-refractivity contribution >= 4 is 22.9 Å². The summed E-state index contributed by atoms with van der Waals surface area (Å²) in [5, 5.41) is 20.1. The van der Waals surface area contributed by atoms with E-state index in [1.54, 1.807) is 0 Å². The molecule has 2 saturated carbocycles. The Labute approximate surface area is 198 Å². The van der Waals surface area contributed by atoms with E-state index in [0.29, 0.717) is 24.3 Å². The number of nitrogens with one attached hydrogen (secondary N) is 3. The minimum absolute atomic E-state index is 0.600. The highest BCUT2D eigenvalue weighted by molar-refractivity contribution is 5.61. The number of rotatable bonds is 8. The molecule has 4 aromatic heterocycles. The number of anilines is 2. The Balaban J connectivity index is 1.14. The van der Waals surface area contributed by atoms with Gasteiger partial charge in [0.15, 0.2) is 11.3 Å². The van der Waals surface area contributed by atoms with Gasteiger partial charge in [-0.2, -0.15) is 14.7 Å². The van der Waals surface area contributed by atoms with E-state index >= 15 is 0 Å². The lowest BCUT2D eigenvalue weighted by atomic mass is 9.98. The van der Waals surface area contributed by atoms with E-state index < -0.39 is 0 Å². The summed E-state index contributed by atoms with van der Waals surface area (Å²) in [5.74, 6) is 3.78. The van der Waals surface area contributed by atoms with Crippen LogP contribution in [0.15, 0.2) is 30.6 Å². The van der Waals surface area contributed by atoms with Crippen molar-refractivity contribution in [1.82, 2.24) is 34.5 Å². The van der Waals surface area contributed by atoms with Crippen LogP contribution in [0.5, 0.6) is 0 Å². The number of imidazole rings is 1. The fraction of sp³-hybridized carbons (Fsp3) is 0.520.